The van der Waals surface area contributed by atoms with Gasteiger partial charge < -0.3 is 9.47 Å². The first kappa shape index (κ1) is 20.3. The molecule has 4 aromatic rings. The SMILES string of the molecule is COc1ccc(-c2nc(CCc3ccccc3)c3cc(OC)ccc3c2[N+](=O)[O-])cc1. The molecule has 0 fully saturated rings. The number of hydrogen-bond donors (Lipinski definition) is 0. The van der Waals surface area contributed by atoms with Crippen LogP contribution in [0.4, 0.5) is 5.69 Å². The van der Waals surface area contributed by atoms with Crippen LogP contribution < -0.4 is 9.47 Å². The maximum absolute atomic E-state index is 12.1. The second-order valence-corrected chi connectivity index (χ2v) is 7.14. The lowest BCUT2D eigenvalue weighted by Crippen LogP contribution is -2.03. The molecule has 6 heteroatoms. The topological polar surface area (TPSA) is 74.5 Å². The molecule has 1 heterocycles. The van der Waals surface area contributed by atoms with Gasteiger partial charge in [0.15, 0.2) is 0 Å². The molecule has 0 aliphatic heterocycles. The zero-order chi connectivity index (χ0) is 21.8. The number of hydrogen-bond acceptors (Lipinski definition) is 5. The first-order valence-electron chi connectivity index (χ1n) is 9.94. The molecule has 0 radical (unpaired) electrons. The lowest BCUT2D eigenvalue weighted by molar-refractivity contribution is -0.382. The van der Waals surface area contributed by atoms with Crippen LogP contribution in [0.5, 0.6) is 11.5 Å². The Hall–Kier alpha value is -3.93. The molecule has 0 unspecified atom stereocenters. The number of ether oxygens (including phenoxy) is 2. The molecule has 0 atom stereocenters. The minimum atomic E-state index is -0.359. The molecule has 0 saturated heterocycles. The van der Waals surface area contributed by atoms with Crippen molar-refractivity contribution in [3.63, 3.8) is 0 Å². The van der Waals surface area contributed by atoms with Gasteiger partial charge in [0.25, 0.3) is 0 Å². The summed E-state index contributed by atoms with van der Waals surface area (Å²) in [7, 11) is 3.17. The standard InChI is InChI=1S/C25H22N2O4/c1-30-19-11-9-18(10-12-19)24-25(27(28)29)21-14-13-20(31-2)16-22(21)23(26-24)15-8-17-6-4-3-5-7-17/h3-7,9-14,16H,8,15H2,1-2H3. The summed E-state index contributed by atoms with van der Waals surface area (Å²) in [5.41, 5.74) is 3.00. The smallest absolute Gasteiger partial charge is 0.303 e. The van der Waals surface area contributed by atoms with Crippen molar-refractivity contribution in [2.45, 2.75) is 12.8 Å². The van der Waals surface area contributed by atoms with Crippen molar-refractivity contribution in [2.75, 3.05) is 14.2 Å². The Labute approximate surface area is 180 Å². The number of methoxy groups -OCH3 is 2. The van der Waals surface area contributed by atoms with Gasteiger partial charge in [0, 0.05) is 16.6 Å². The Morgan fingerprint density at radius 3 is 2.16 bits per heavy atom. The van der Waals surface area contributed by atoms with Crippen molar-refractivity contribution in [1.29, 1.82) is 0 Å². The van der Waals surface area contributed by atoms with E-state index in [-0.39, 0.29) is 10.6 Å². The van der Waals surface area contributed by atoms with Crippen LogP contribution in [-0.4, -0.2) is 24.1 Å². The van der Waals surface area contributed by atoms with Crippen molar-refractivity contribution in [3.8, 4) is 22.8 Å². The molecule has 1 aromatic heterocycles. The van der Waals surface area contributed by atoms with Crippen molar-refractivity contribution < 1.29 is 14.4 Å². The normalized spacial score (nSPS) is 10.8. The van der Waals surface area contributed by atoms with Gasteiger partial charge in [-0.25, -0.2) is 4.98 Å². The molecule has 0 aliphatic rings. The Kier molecular flexibility index (Phi) is 5.80. The van der Waals surface area contributed by atoms with Crippen LogP contribution in [-0.2, 0) is 12.8 Å². The van der Waals surface area contributed by atoms with Gasteiger partial charge in [0.1, 0.15) is 17.2 Å². The summed E-state index contributed by atoms with van der Waals surface area (Å²) in [6.07, 6.45) is 1.43. The van der Waals surface area contributed by atoms with E-state index in [1.807, 2.05) is 24.3 Å². The highest BCUT2D eigenvalue weighted by Gasteiger charge is 2.24. The number of benzene rings is 3. The van der Waals surface area contributed by atoms with Crippen molar-refractivity contribution >= 4 is 16.5 Å². The summed E-state index contributed by atoms with van der Waals surface area (Å²) in [5, 5.41) is 13.4. The van der Waals surface area contributed by atoms with Gasteiger partial charge in [-0.15, -0.1) is 0 Å². The van der Waals surface area contributed by atoms with Crippen LogP contribution in [0.3, 0.4) is 0 Å². The predicted molar refractivity (Wildman–Crippen MR) is 121 cm³/mol. The lowest BCUT2D eigenvalue weighted by Gasteiger charge is -2.13. The molecule has 6 nitrogen and oxygen atoms in total. The fourth-order valence-corrected chi connectivity index (χ4v) is 3.70. The van der Waals surface area contributed by atoms with E-state index >= 15 is 0 Å². The van der Waals surface area contributed by atoms with E-state index in [2.05, 4.69) is 12.1 Å². The Morgan fingerprint density at radius 2 is 1.52 bits per heavy atom. The summed E-state index contributed by atoms with van der Waals surface area (Å²) in [6, 6.07) is 22.6. The summed E-state index contributed by atoms with van der Waals surface area (Å²) >= 11 is 0. The van der Waals surface area contributed by atoms with E-state index in [9.17, 15) is 10.1 Å². The Balaban J connectivity index is 1.90. The average Bonchev–Trinajstić information content (AvgIpc) is 2.82. The molecule has 0 amide bonds. The summed E-state index contributed by atoms with van der Waals surface area (Å²) in [5.74, 6) is 1.32. The van der Waals surface area contributed by atoms with E-state index < -0.39 is 0 Å². The summed E-state index contributed by atoms with van der Waals surface area (Å²) in [4.78, 5) is 16.5. The van der Waals surface area contributed by atoms with Crippen LogP contribution >= 0.6 is 0 Å². The minimum absolute atomic E-state index is 0.00807. The fraction of sp³-hybridized carbons (Fsp3) is 0.160. The van der Waals surface area contributed by atoms with Crippen LogP contribution in [0.15, 0.2) is 72.8 Å². The number of aromatic nitrogens is 1. The minimum Gasteiger partial charge on any atom is -0.497 e. The number of rotatable bonds is 7. The van der Waals surface area contributed by atoms with Gasteiger partial charge >= 0.3 is 5.69 Å². The highest BCUT2D eigenvalue weighted by atomic mass is 16.6. The van der Waals surface area contributed by atoms with Gasteiger partial charge in [-0.1, -0.05) is 30.3 Å². The summed E-state index contributed by atoms with van der Waals surface area (Å²) < 4.78 is 10.6. The number of pyridine rings is 1. The van der Waals surface area contributed by atoms with Gasteiger partial charge in [-0.3, -0.25) is 10.1 Å². The monoisotopic (exact) mass is 414 g/mol. The number of fused-ring (bicyclic) bond motifs is 1. The number of aryl methyl sites for hydroxylation is 2. The average molecular weight is 414 g/mol. The van der Waals surface area contributed by atoms with E-state index in [1.54, 1.807) is 50.6 Å². The Morgan fingerprint density at radius 1 is 0.839 bits per heavy atom. The number of nitrogens with zero attached hydrogens (tertiary/aromatic N) is 2. The van der Waals surface area contributed by atoms with Crippen LogP contribution in [0.25, 0.3) is 22.0 Å². The molecule has 0 bridgehead atoms. The summed E-state index contributed by atoms with van der Waals surface area (Å²) in [6.45, 7) is 0. The highest BCUT2D eigenvalue weighted by molar-refractivity contribution is 5.98. The van der Waals surface area contributed by atoms with Gasteiger partial charge in [-0.05, 0) is 60.9 Å². The van der Waals surface area contributed by atoms with Gasteiger partial charge in [0.05, 0.1) is 24.5 Å². The van der Waals surface area contributed by atoms with Crippen LogP contribution in [0, 0.1) is 10.1 Å². The highest BCUT2D eigenvalue weighted by Crippen LogP contribution is 2.38. The maximum atomic E-state index is 12.1. The molecular formula is C25H22N2O4. The third-order valence-electron chi connectivity index (χ3n) is 5.30. The maximum Gasteiger partial charge on any atom is 0.303 e. The zero-order valence-corrected chi connectivity index (χ0v) is 17.4. The molecule has 31 heavy (non-hydrogen) atoms. The molecule has 156 valence electrons. The predicted octanol–water partition coefficient (Wildman–Crippen LogP) is 5.61. The van der Waals surface area contributed by atoms with E-state index in [4.69, 9.17) is 14.5 Å². The molecule has 0 aliphatic carbocycles. The lowest BCUT2D eigenvalue weighted by atomic mass is 9.98. The number of nitro groups is 1. The quantitative estimate of drug-likeness (QED) is 0.290. The molecule has 0 spiro atoms. The first-order valence-corrected chi connectivity index (χ1v) is 9.94. The molecule has 4 rings (SSSR count). The van der Waals surface area contributed by atoms with E-state index in [1.165, 1.54) is 5.56 Å². The van der Waals surface area contributed by atoms with Crippen molar-refractivity contribution in [1.82, 2.24) is 4.98 Å². The third kappa shape index (κ3) is 4.19. The Bertz CT molecular complexity index is 1220. The molecule has 3 aromatic carbocycles. The fourth-order valence-electron chi connectivity index (χ4n) is 3.70. The molecular weight excluding hydrogens is 392 g/mol. The zero-order valence-electron chi connectivity index (χ0n) is 17.4. The second kappa shape index (κ2) is 8.83. The molecule has 0 N–H and O–H groups in total. The first-order chi connectivity index (χ1) is 15.1. The van der Waals surface area contributed by atoms with Gasteiger partial charge in [0.2, 0.25) is 0 Å². The van der Waals surface area contributed by atoms with Crippen LogP contribution in [0.1, 0.15) is 11.3 Å². The second-order valence-electron chi connectivity index (χ2n) is 7.14. The van der Waals surface area contributed by atoms with Crippen LogP contribution in [0.2, 0.25) is 0 Å². The van der Waals surface area contributed by atoms with Crippen molar-refractivity contribution in [2.24, 2.45) is 0 Å². The molecule has 0 saturated carbocycles. The van der Waals surface area contributed by atoms with Gasteiger partial charge in [-0.2, -0.15) is 0 Å². The van der Waals surface area contributed by atoms with E-state index in [0.29, 0.717) is 34.6 Å². The third-order valence-corrected chi connectivity index (χ3v) is 5.30. The largest absolute Gasteiger partial charge is 0.497 e. The van der Waals surface area contributed by atoms with Crippen molar-refractivity contribution in [3.05, 3.63) is 94.2 Å². The van der Waals surface area contributed by atoms with E-state index in [0.717, 1.165) is 17.5 Å².